The Morgan fingerprint density at radius 2 is 1.86 bits per heavy atom. The molecule has 0 spiro atoms. The van der Waals surface area contributed by atoms with Gasteiger partial charge in [-0.15, -0.1) is 0 Å². The van der Waals surface area contributed by atoms with Gasteiger partial charge in [0, 0.05) is 31.7 Å². The molecule has 1 unspecified atom stereocenters. The highest BCUT2D eigenvalue weighted by Gasteiger charge is 2.34. The predicted molar refractivity (Wildman–Crippen MR) is 86.4 cm³/mol. The highest BCUT2D eigenvalue weighted by atomic mass is 16.7. The van der Waals surface area contributed by atoms with Crippen molar-refractivity contribution < 1.29 is 14.2 Å². The fourth-order valence-corrected chi connectivity index (χ4v) is 2.69. The lowest BCUT2D eigenvalue weighted by Crippen LogP contribution is -2.40. The Hall–Kier alpha value is -2.20. The van der Waals surface area contributed by atoms with Crippen molar-refractivity contribution in [2.75, 3.05) is 12.8 Å². The minimum Gasteiger partial charge on any atom is -0.462 e. The zero-order valence-electron chi connectivity index (χ0n) is 13.0. The van der Waals surface area contributed by atoms with Crippen molar-refractivity contribution in [3.05, 3.63) is 48.0 Å². The molecule has 2 N–H and O–H groups in total. The Labute approximate surface area is 130 Å². The van der Waals surface area contributed by atoms with Crippen LogP contribution in [-0.4, -0.2) is 12.9 Å². The number of hydrogen-bond acceptors (Lipinski definition) is 4. The molecule has 4 nitrogen and oxygen atoms in total. The van der Waals surface area contributed by atoms with Crippen molar-refractivity contribution in [3.8, 4) is 17.2 Å². The highest BCUT2D eigenvalue weighted by molar-refractivity contribution is 5.46. The molecule has 1 aliphatic heterocycles. The maximum Gasteiger partial charge on any atom is 0.210 e. The maximum absolute atomic E-state index is 6.09. The third-order valence-electron chi connectivity index (χ3n) is 4.14. The van der Waals surface area contributed by atoms with E-state index in [1.54, 1.807) is 7.11 Å². The van der Waals surface area contributed by atoms with Gasteiger partial charge in [-0.3, -0.25) is 0 Å². The number of benzene rings is 2. The average Bonchev–Trinajstić information content (AvgIpc) is 2.56. The Kier molecular flexibility index (Phi) is 3.94. The first-order valence-corrected chi connectivity index (χ1v) is 7.54. The van der Waals surface area contributed by atoms with Gasteiger partial charge in [-0.2, -0.15) is 0 Å². The highest BCUT2D eigenvalue weighted by Crippen LogP contribution is 2.38. The number of hydrogen-bond donors (Lipinski definition) is 1. The zero-order valence-corrected chi connectivity index (χ0v) is 13.0. The van der Waals surface area contributed by atoms with Gasteiger partial charge in [-0.25, -0.2) is 0 Å². The van der Waals surface area contributed by atoms with Crippen LogP contribution in [0.4, 0.5) is 5.69 Å². The Balaban J connectivity index is 1.83. The molecule has 2 aromatic carbocycles. The molecule has 3 rings (SSSR count). The normalized spacial score (nSPS) is 20.1. The van der Waals surface area contributed by atoms with Gasteiger partial charge in [-0.05, 0) is 42.3 Å². The standard InChI is InChI=1S/C18H21NO3/c1-3-18(20-2)11-10-13-4-7-16(12-17(13)22-18)21-15-8-5-14(19)6-9-15/h4-9,12H,3,10-11,19H2,1-2H3. The van der Waals surface area contributed by atoms with E-state index in [1.165, 1.54) is 5.56 Å². The number of ether oxygens (including phenoxy) is 3. The average molecular weight is 299 g/mol. The van der Waals surface area contributed by atoms with Crippen LogP contribution in [0.15, 0.2) is 42.5 Å². The van der Waals surface area contributed by atoms with E-state index in [4.69, 9.17) is 19.9 Å². The molecule has 4 heteroatoms. The molecule has 1 aliphatic rings. The van der Waals surface area contributed by atoms with Gasteiger partial charge in [0.1, 0.15) is 17.2 Å². The van der Waals surface area contributed by atoms with Crippen LogP contribution in [-0.2, 0) is 11.2 Å². The second-order valence-corrected chi connectivity index (χ2v) is 5.51. The molecule has 0 saturated heterocycles. The summed E-state index contributed by atoms with van der Waals surface area (Å²) in [6.45, 7) is 2.07. The fraction of sp³-hybridized carbons (Fsp3) is 0.333. The van der Waals surface area contributed by atoms with Crippen LogP contribution in [0.25, 0.3) is 0 Å². The zero-order chi connectivity index (χ0) is 15.6. The van der Waals surface area contributed by atoms with Crippen molar-refractivity contribution in [3.63, 3.8) is 0 Å². The summed E-state index contributed by atoms with van der Waals surface area (Å²) in [6, 6.07) is 13.3. The summed E-state index contributed by atoms with van der Waals surface area (Å²) in [5.41, 5.74) is 7.58. The van der Waals surface area contributed by atoms with E-state index in [-0.39, 0.29) is 0 Å². The van der Waals surface area contributed by atoms with Gasteiger partial charge in [0.05, 0.1) is 0 Å². The van der Waals surface area contributed by atoms with Gasteiger partial charge in [-0.1, -0.05) is 13.0 Å². The quantitative estimate of drug-likeness (QED) is 0.862. The smallest absolute Gasteiger partial charge is 0.210 e. The lowest BCUT2D eigenvalue weighted by atomic mass is 9.98. The lowest BCUT2D eigenvalue weighted by Gasteiger charge is -2.36. The molecular weight excluding hydrogens is 278 g/mol. The van der Waals surface area contributed by atoms with Gasteiger partial charge in [0.2, 0.25) is 5.79 Å². The summed E-state index contributed by atoms with van der Waals surface area (Å²) in [7, 11) is 1.70. The van der Waals surface area contributed by atoms with E-state index in [2.05, 4.69) is 13.0 Å². The van der Waals surface area contributed by atoms with Crippen LogP contribution in [0.1, 0.15) is 25.3 Å². The minimum absolute atomic E-state index is 0.521. The number of aryl methyl sites for hydroxylation is 1. The summed E-state index contributed by atoms with van der Waals surface area (Å²) < 4.78 is 17.5. The van der Waals surface area contributed by atoms with Crippen LogP contribution in [0, 0.1) is 0 Å². The molecule has 1 heterocycles. The third-order valence-corrected chi connectivity index (χ3v) is 4.14. The molecule has 1 atom stereocenters. The van der Waals surface area contributed by atoms with Crippen molar-refractivity contribution >= 4 is 5.69 Å². The molecular formula is C18H21NO3. The molecule has 0 fully saturated rings. The van der Waals surface area contributed by atoms with Gasteiger partial charge in [0.25, 0.3) is 0 Å². The Morgan fingerprint density at radius 1 is 1.14 bits per heavy atom. The van der Waals surface area contributed by atoms with Crippen LogP contribution in [0.5, 0.6) is 17.2 Å². The fourth-order valence-electron chi connectivity index (χ4n) is 2.69. The second-order valence-electron chi connectivity index (χ2n) is 5.51. The molecule has 0 radical (unpaired) electrons. The molecule has 0 bridgehead atoms. The largest absolute Gasteiger partial charge is 0.462 e. The topological polar surface area (TPSA) is 53.7 Å². The predicted octanol–water partition coefficient (Wildman–Crippen LogP) is 4.14. The van der Waals surface area contributed by atoms with Crippen LogP contribution in [0.2, 0.25) is 0 Å². The molecule has 22 heavy (non-hydrogen) atoms. The maximum atomic E-state index is 6.09. The summed E-state index contributed by atoms with van der Waals surface area (Å²) >= 11 is 0. The van der Waals surface area contributed by atoms with E-state index >= 15 is 0 Å². The van der Waals surface area contributed by atoms with Crippen LogP contribution >= 0.6 is 0 Å². The van der Waals surface area contributed by atoms with Crippen molar-refractivity contribution in [1.82, 2.24) is 0 Å². The third kappa shape index (κ3) is 2.88. The number of nitrogens with two attached hydrogens (primary N) is 1. The minimum atomic E-state index is -0.521. The second kappa shape index (κ2) is 5.89. The van der Waals surface area contributed by atoms with E-state index in [0.717, 1.165) is 36.5 Å². The van der Waals surface area contributed by atoms with E-state index < -0.39 is 5.79 Å². The number of rotatable bonds is 4. The molecule has 0 amide bonds. The monoisotopic (exact) mass is 299 g/mol. The number of nitrogen functional groups attached to an aromatic ring is 1. The summed E-state index contributed by atoms with van der Waals surface area (Å²) in [5.74, 6) is 1.81. The summed E-state index contributed by atoms with van der Waals surface area (Å²) in [4.78, 5) is 0. The molecule has 0 aliphatic carbocycles. The molecule has 116 valence electrons. The Morgan fingerprint density at radius 3 is 2.55 bits per heavy atom. The van der Waals surface area contributed by atoms with E-state index in [1.807, 2.05) is 36.4 Å². The first kappa shape index (κ1) is 14.7. The molecule has 2 aromatic rings. The van der Waals surface area contributed by atoms with Gasteiger partial charge in [0.15, 0.2) is 0 Å². The van der Waals surface area contributed by atoms with Crippen LogP contribution in [0.3, 0.4) is 0 Å². The van der Waals surface area contributed by atoms with Crippen LogP contribution < -0.4 is 15.2 Å². The van der Waals surface area contributed by atoms with Gasteiger partial charge >= 0.3 is 0 Å². The number of anilines is 1. The van der Waals surface area contributed by atoms with Crippen molar-refractivity contribution in [2.24, 2.45) is 0 Å². The molecule has 0 aromatic heterocycles. The van der Waals surface area contributed by atoms with Crippen molar-refractivity contribution in [2.45, 2.75) is 32.0 Å². The summed E-state index contributed by atoms with van der Waals surface area (Å²) in [6.07, 6.45) is 2.62. The van der Waals surface area contributed by atoms with E-state index in [0.29, 0.717) is 5.69 Å². The molecule has 0 saturated carbocycles. The first-order chi connectivity index (χ1) is 10.6. The van der Waals surface area contributed by atoms with Crippen molar-refractivity contribution in [1.29, 1.82) is 0 Å². The van der Waals surface area contributed by atoms with E-state index in [9.17, 15) is 0 Å². The Bertz CT molecular complexity index is 648. The first-order valence-electron chi connectivity index (χ1n) is 7.54. The SMILES string of the molecule is CCC1(OC)CCc2ccc(Oc3ccc(N)cc3)cc2O1. The number of methoxy groups -OCH3 is 1. The van der Waals surface area contributed by atoms with Gasteiger partial charge < -0.3 is 19.9 Å². The summed E-state index contributed by atoms with van der Waals surface area (Å²) in [5, 5.41) is 0. The number of fused-ring (bicyclic) bond motifs is 1. The lowest BCUT2D eigenvalue weighted by molar-refractivity contribution is -0.176.